The summed E-state index contributed by atoms with van der Waals surface area (Å²) in [5.41, 5.74) is -0.266. The van der Waals surface area contributed by atoms with Crippen molar-refractivity contribution in [1.29, 1.82) is 0 Å². The number of nitrogens with one attached hydrogen (secondary N) is 1. The molecule has 0 aromatic heterocycles. The maximum atomic E-state index is 13.3. The van der Waals surface area contributed by atoms with Gasteiger partial charge in [-0.05, 0) is 36.4 Å². The number of halogens is 3. The third-order valence-electron chi connectivity index (χ3n) is 2.39. The van der Waals surface area contributed by atoms with E-state index < -0.39 is 30.0 Å². The van der Waals surface area contributed by atoms with Crippen LogP contribution in [0.1, 0.15) is 0 Å². The monoisotopic (exact) mass is 281 g/mol. The summed E-state index contributed by atoms with van der Waals surface area (Å²) < 4.78 is 43.9. The molecule has 2 rings (SSSR count). The van der Waals surface area contributed by atoms with Gasteiger partial charge in [0.25, 0.3) is 5.91 Å². The molecular weight excluding hydrogens is 271 g/mol. The molecule has 0 unspecified atom stereocenters. The fourth-order valence-electron chi connectivity index (χ4n) is 1.46. The van der Waals surface area contributed by atoms with Crippen molar-refractivity contribution in [2.75, 3.05) is 11.9 Å². The van der Waals surface area contributed by atoms with Gasteiger partial charge >= 0.3 is 0 Å². The molecule has 2 aromatic rings. The van der Waals surface area contributed by atoms with E-state index in [0.29, 0.717) is 5.75 Å². The van der Waals surface area contributed by atoms with Gasteiger partial charge in [-0.1, -0.05) is 0 Å². The van der Waals surface area contributed by atoms with E-state index in [1.54, 1.807) is 0 Å². The molecule has 0 saturated heterocycles. The Hall–Kier alpha value is -2.50. The lowest BCUT2D eigenvalue weighted by Gasteiger charge is -2.08. The number of ether oxygens (including phenoxy) is 1. The molecule has 0 aliphatic carbocycles. The van der Waals surface area contributed by atoms with Crippen molar-refractivity contribution in [1.82, 2.24) is 0 Å². The third kappa shape index (κ3) is 3.74. The number of carbonyl (C=O) groups excluding carboxylic acids is 1. The van der Waals surface area contributed by atoms with Crippen molar-refractivity contribution in [3.05, 3.63) is 59.9 Å². The van der Waals surface area contributed by atoms with Gasteiger partial charge in [0.2, 0.25) is 0 Å². The molecule has 0 heterocycles. The Balaban J connectivity index is 1.92. The fourth-order valence-corrected chi connectivity index (χ4v) is 1.46. The number of rotatable bonds is 4. The summed E-state index contributed by atoms with van der Waals surface area (Å²) in [5, 5.41) is 2.18. The van der Waals surface area contributed by atoms with Crippen molar-refractivity contribution in [3.8, 4) is 5.75 Å². The molecule has 0 bridgehead atoms. The van der Waals surface area contributed by atoms with Gasteiger partial charge in [0.1, 0.15) is 23.2 Å². The van der Waals surface area contributed by atoms with Crippen molar-refractivity contribution in [3.63, 3.8) is 0 Å². The normalized spacial score (nSPS) is 10.2. The maximum Gasteiger partial charge on any atom is 0.262 e. The summed E-state index contributed by atoms with van der Waals surface area (Å²) in [6, 6.07) is 7.78. The van der Waals surface area contributed by atoms with Crippen LogP contribution in [0.15, 0.2) is 42.5 Å². The zero-order valence-electron chi connectivity index (χ0n) is 10.2. The van der Waals surface area contributed by atoms with Gasteiger partial charge in [0, 0.05) is 6.07 Å². The predicted molar refractivity (Wildman–Crippen MR) is 66.9 cm³/mol. The minimum Gasteiger partial charge on any atom is -0.484 e. The first-order valence-corrected chi connectivity index (χ1v) is 5.68. The quantitative estimate of drug-likeness (QED) is 0.935. The van der Waals surface area contributed by atoms with E-state index >= 15 is 0 Å². The van der Waals surface area contributed by atoms with E-state index in [0.717, 1.165) is 18.2 Å². The summed E-state index contributed by atoms with van der Waals surface area (Å²) in [7, 11) is 0. The molecule has 1 amide bonds. The first-order valence-electron chi connectivity index (χ1n) is 5.68. The maximum absolute atomic E-state index is 13.3. The molecule has 0 saturated carbocycles. The minimum absolute atomic E-state index is 0.266. The number of anilines is 1. The summed E-state index contributed by atoms with van der Waals surface area (Å²) in [5.74, 6) is -2.20. The van der Waals surface area contributed by atoms with E-state index in [-0.39, 0.29) is 5.69 Å². The van der Waals surface area contributed by atoms with Crippen LogP contribution < -0.4 is 10.1 Å². The zero-order valence-corrected chi connectivity index (χ0v) is 10.2. The summed E-state index contributed by atoms with van der Waals surface area (Å²) in [6.45, 7) is -0.401. The van der Waals surface area contributed by atoms with Crippen LogP contribution in [0.2, 0.25) is 0 Å². The number of hydrogen-bond acceptors (Lipinski definition) is 2. The molecule has 20 heavy (non-hydrogen) atoms. The zero-order chi connectivity index (χ0) is 14.5. The molecule has 0 radical (unpaired) electrons. The number of benzene rings is 2. The highest BCUT2D eigenvalue weighted by Crippen LogP contribution is 2.15. The van der Waals surface area contributed by atoms with Gasteiger partial charge in [-0.15, -0.1) is 0 Å². The van der Waals surface area contributed by atoms with Crippen molar-refractivity contribution in [2.24, 2.45) is 0 Å². The van der Waals surface area contributed by atoms with E-state index in [1.807, 2.05) is 0 Å². The van der Waals surface area contributed by atoms with Crippen molar-refractivity contribution < 1.29 is 22.7 Å². The lowest BCUT2D eigenvalue weighted by atomic mass is 10.3. The van der Waals surface area contributed by atoms with Crippen LogP contribution in [0.4, 0.5) is 18.9 Å². The number of carbonyl (C=O) groups is 1. The average Bonchev–Trinajstić information content (AvgIpc) is 2.42. The van der Waals surface area contributed by atoms with Crippen LogP contribution in [-0.2, 0) is 4.79 Å². The third-order valence-corrected chi connectivity index (χ3v) is 2.39. The predicted octanol–water partition coefficient (Wildman–Crippen LogP) is 3.12. The van der Waals surface area contributed by atoms with Gasteiger partial charge in [0.05, 0.1) is 5.69 Å². The summed E-state index contributed by atoms with van der Waals surface area (Å²) in [6.07, 6.45) is 0. The molecule has 0 aliphatic rings. The van der Waals surface area contributed by atoms with Crippen LogP contribution in [-0.4, -0.2) is 12.5 Å². The molecule has 1 N–H and O–H groups in total. The van der Waals surface area contributed by atoms with Crippen LogP contribution in [0.5, 0.6) is 5.75 Å². The molecular formula is C14H10F3NO2. The Bertz CT molecular complexity index is 614. The van der Waals surface area contributed by atoms with Crippen LogP contribution >= 0.6 is 0 Å². The summed E-state index contributed by atoms with van der Waals surface area (Å²) >= 11 is 0. The molecule has 0 fully saturated rings. The minimum atomic E-state index is -0.749. The first-order chi connectivity index (χ1) is 9.54. The topological polar surface area (TPSA) is 38.3 Å². The second-order valence-corrected chi connectivity index (χ2v) is 3.91. The van der Waals surface area contributed by atoms with Gasteiger partial charge in [-0.25, -0.2) is 13.2 Å². The Morgan fingerprint density at radius 2 is 1.65 bits per heavy atom. The SMILES string of the molecule is O=C(COc1ccc(F)cc1)Nc1cc(F)ccc1F. The molecule has 0 spiro atoms. The average molecular weight is 281 g/mol. The van der Waals surface area contributed by atoms with E-state index in [4.69, 9.17) is 4.74 Å². The number of hydrogen-bond donors (Lipinski definition) is 1. The molecule has 6 heteroatoms. The van der Waals surface area contributed by atoms with E-state index in [2.05, 4.69) is 5.32 Å². The highest BCUT2D eigenvalue weighted by atomic mass is 19.1. The van der Waals surface area contributed by atoms with Crippen molar-refractivity contribution in [2.45, 2.75) is 0 Å². The van der Waals surface area contributed by atoms with Gasteiger partial charge in [0.15, 0.2) is 6.61 Å². The Morgan fingerprint density at radius 3 is 2.35 bits per heavy atom. The highest BCUT2D eigenvalue weighted by molar-refractivity contribution is 5.91. The number of amides is 1. The Kier molecular flexibility index (Phi) is 4.24. The molecule has 0 atom stereocenters. The highest BCUT2D eigenvalue weighted by Gasteiger charge is 2.09. The van der Waals surface area contributed by atoms with E-state index in [1.165, 1.54) is 24.3 Å². The Labute approximate surface area is 113 Å². The molecule has 2 aromatic carbocycles. The summed E-state index contributed by atoms with van der Waals surface area (Å²) in [4.78, 5) is 11.5. The van der Waals surface area contributed by atoms with Crippen LogP contribution in [0, 0.1) is 17.5 Å². The lowest BCUT2D eigenvalue weighted by molar-refractivity contribution is -0.118. The van der Waals surface area contributed by atoms with Crippen molar-refractivity contribution >= 4 is 11.6 Å². The standard InChI is InChI=1S/C14H10F3NO2/c15-9-1-4-11(5-2-9)20-8-14(19)18-13-7-10(16)3-6-12(13)17/h1-7H,8H2,(H,18,19). The molecule has 104 valence electrons. The second-order valence-electron chi connectivity index (χ2n) is 3.91. The van der Waals surface area contributed by atoms with Gasteiger partial charge < -0.3 is 10.1 Å². The van der Waals surface area contributed by atoms with Crippen LogP contribution in [0.25, 0.3) is 0 Å². The van der Waals surface area contributed by atoms with E-state index in [9.17, 15) is 18.0 Å². The Morgan fingerprint density at radius 1 is 1.00 bits per heavy atom. The largest absolute Gasteiger partial charge is 0.484 e. The van der Waals surface area contributed by atoms with Gasteiger partial charge in [-0.3, -0.25) is 4.79 Å². The second kappa shape index (κ2) is 6.10. The smallest absolute Gasteiger partial charge is 0.262 e. The van der Waals surface area contributed by atoms with Crippen LogP contribution in [0.3, 0.4) is 0 Å². The lowest BCUT2D eigenvalue weighted by Crippen LogP contribution is -2.20. The van der Waals surface area contributed by atoms with Gasteiger partial charge in [-0.2, -0.15) is 0 Å². The first kappa shape index (κ1) is 13.9. The fraction of sp³-hybridized carbons (Fsp3) is 0.0714. The molecule has 3 nitrogen and oxygen atoms in total. The molecule has 0 aliphatic heterocycles.